The summed E-state index contributed by atoms with van der Waals surface area (Å²) in [5.41, 5.74) is 0. The number of hydrogen-bond acceptors (Lipinski definition) is 2. The molecule has 15 heavy (non-hydrogen) atoms. The quantitative estimate of drug-likeness (QED) is 0.752. The highest BCUT2D eigenvalue weighted by Gasteiger charge is 2.27. The maximum absolute atomic E-state index is 5.93. The van der Waals surface area contributed by atoms with Gasteiger partial charge in [0, 0.05) is 6.04 Å². The Hall–Kier alpha value is -1.02. The van der Waals surface area contributed by atoms with Crippen LogP contribution in [0.5, 0.6) is 5.75 Å². The zero-order chi connectivity index (χ0) is 10.7. The summed E-state index contributed by atoms with van der Waals surface area (Å²) >= 11 is 0. The first-order valence-corrected chi connectivity index (χ1v) is 5.69. The molecular formula is C13H19NO. The van der Waals surface area contributed by atoms with Gasteiger partial charge in [0.25, 0.3) is 0 Å². The molecule has 1 aromatic carbocycles. The van der Waals surface area contributed by atoms with Crippen LogP contribution < -0.4 is 4.74 Å². The van der Waals surface area contributed by atoms with Gasteiger partial charge < -0.3 is 4.74 Å². The topological polar surface area (TPSA) is 12.5 Å². The molecule has 0 unspecified atom stereocenters. The first kappa shape index (κ1) is 10.5. The molecule has 0 N–H and O–H groups in total. The third-order valence-corrected chi connectivity index (χ3v) is 3.18. The highest BCUT2D eigenvalue weighted by molar-refractivity contribution is 5.21. The van der Waals surface area contributed by atoms with E-state index in [0.29, 0.717) is 6.04 Å². The lowest BCUT2D eigenvalue weighted by Gasteiger charge is -2.26. The summed E-state index contributed by atoms with van der Waals surface area (Å²) in [5, 5.41) is 0. The molecule has 0 spiro atoms. The molecule has 1 heterocycles. The molecule has 0 saturated carbocycles. The predicted octanol–water partition coefficient (Wildman–Crippen LogP) is 2.55. The van der Waals surface area contributed by atoms with E-state index in [1.807, 2.05) is 30.3 Å². The summed E-state index contributed by atoms with van der Waals surface area (Å²) in [6.45, 7) is 3.37. The zero-order valence-electron chi connectivity index (χ0n) is 9.52. The fourth-order valence-electron chi connectivity index (χ4n) is 2.32. The van der Waals surface area contributed by atoms with Crippen LogP contribution in [0.25, 0.3) is 0 Å². The molecule has 2 nitrogen and oxygen atoms in total. The van der Waals surface area contributed by atoms with Gasteiger partial charge >= 0.3 is 0 Å². The Labute approximate surface area is 91.9 Å². The van der Waals surface area contributed by atoms with E-state index in [2.05, 4.69) is 18.9 Å². The molecule has 0 bridgehead atoms. The summed E-state index contributed by atoms with van der Waals surface area (Å²) in [6, 6.07) is 10.7. The Bertz CT molecular complexity index is 299. The molecule has 0 radical (unpaired) electrons. The maximum Gasteiger partial charge on any atom is 0.119 e. The molecule has 2 atom stereocenters. The minimum atomic E-state index is 0.278. The van der Waals surface area contributed by atoms with E-state index >= 15 is 0 Å². The maximum atomic E-state index is 5.93. The van der Waals surface area contributed by atoms with Gasteiger partial charge in [-0.05, 0) is 45.5 Å². The van der Waals surface area contributed by atoms with Crippen molar-refractivity contribution < 1.29 is 4.74 Å². The number of likely N-dealkylation sites (N-methyl/N-ethyl adjacent to an activating group) is 1. The fourth-order valence-corrected chi connectivity index (χ4v) is 2.32. The molecule has 1 aliphatic rings. The van der Waals surface area contributed by atoms with Crippen molar-refractivity contribution in [3.05, 3.63) is 30.3 Å². The van der Waals surface area contributed by atoms with Gasteiger partial charge in [-0.2, -0.15) is 0 Å². The van der Waals surface area contributed by atoms with Crippen molar-refractivity contribution in [1.29, 1.82) is 0 Å². The minimum Gasteiger partial charge on any atom is -0.489 e. The van der Waals surface area contributed by atoms with Crippen LogP contribution >= 0.6 is 0 Å². The summed E-state index contributed by atoms with van der Waals surface area (Å²) in [5.74, 6) is 0.977. The Morgan fingerprint density at radius 2 is 2.07 bits per heavy atom. The van der Waals surface area contributed by atoms with Gasteiger partial charge in [-0.3, -0.25) is 4.90 Å². The van der Waals surface area contributed by atoms with E-state index < -0.39 is 0 Å². The molecule has 1 saturated heterocycles. The third-order valence-electron chi connectivity index (χ3n) is 3.18. The van der Waals surface area contributed by atoms with E-state index in [4.69, 9.17) is 4.74 Å². The first-order chi connectivity index (χ1) is 7.27. The normalized spacial score (nSPS) is 24.0. The number of nitrogens with zero attached hydrogens (tertiary/aromatic N) is 1. The van der Waals surface area contributed by atoms with Crippen molar-refractivity contribution in [2.45, 2.75) is 31.9 Å². The third kappa shape index (κ3) is 2.51. The van der Waals surface area contributed by atoms with Crippen molar-refractivity contribution in [2.24, 2.45) is 0 Å². The SMILES string of the molecule is C[C@@H](Oc1ccccc1)[C@@H]1CCCN1C. The van der Waals surface area contributed by atoms with Crippen LogP contribution in [0.15, 0.2) is 30.3 Å². The molecule has 1 fully saturated rings. The molecule has 2 rings (SSSR count). The van der Waals surface area contributed by atoms with Crippen molar-refractivity contribution in [3.8, 4) is 5.75 Å². The summed E-state index contributed by atoms with van der Waals surface area (Å²) < 4.78 is 5.93. The largest absolute Gasteiger partial charge is 0.489 e. The summed E-state index contributed by atoms with van der Waals surface area (Å²) in [7, 11) is 2.18. The van der Waals surface area contributed by atoms with Crippen molar-refractivity contribution in [2.75, 3.05) is 13.6 Å². The van der Waals surface area contributed by atoms with Crippen molar-refractivity contribution in [3.63, 3.8) is 0 Å². The van der Waals surface area contributed by atoms with Crippen LogP contribution in [0.2, 0.25) is 0 Å². The van der Waals surface area contributed by atoms with Crippen molar-refractivity contribution in [1.82, 2.24) is 4.90 Å². The average molecular weight is 205 g/mol. The minimum absolute atomic E-state index is 0.278. The lowest BCUT2D eigenvalue weighted by atomic mass is 10.1. The van der Waals surface area contributed by atoms with E-state index in [1.165, 1.54) is 19.4 Å². The predicted molar refractivity (Wildman–Crippen MR) is 62.2 cm³/mol. The highest BCUT2D eigenvalue weighted by atomic mass is 16.5. The van der Waals surface area contributed by atoms with Crippen LogP contribution in [0.1, 0.15) is 19.8 Å². The Kier molecular flexibility index (Phi) is 3.27. The molecule has 0 aliphatic carbocycles. The fraction of sp³-hybridized carbons (Fsp3) is 0.538. The second-order valence-corrected chi connectivity index (χ2v) is 4.33. The van der Waals surface area contributed by atoms with Gasteiger partial charge in [-0.15, -0.1) is 0 Å². The van der Waals surface area contributed by atoms with Crippen LogP contribution in [0.3, 0.4) is 0 Å². The Morgan fingerprint density at radius 3 is 2.67 bits per heavy atom. The molecule has 2 heteroatoms. The van der Waals surface area contributed by atoms with Crippen LogP contribution in [-0.4, -0.2) is 30.6 Å². The number of para-hydroxylation sites is 1. The Balaban J connectivity index is 1.94. The van der Waals surface area contributed by atoms with Gasteiger partial charge in [0.2, 0.25) is 0 Å². The number of rotatable bonds is 3. The number of ether oxygens (including phenoxy) is 1. The highest BCUT2D eigenvalue weighted by Crippen LogP contribution is 2.21. The van der Waals surface area contributed by atoms with E-state index in [-0.39, 0.29) is 6.10 Å². The molecular weight excluding hydrogens is 186 g/mol. The van der Waals surface area contributed by atoms with Gasteiger partial charge in [-0.25, -0.2) is 0 Å². The first-order valence-electron chi connectivity index (χ1n) is 5.69. The van der Waals surface area contributed by atoms with E-state index in [0.717, 1.165) is 5.75 Å². The van der Waals surface area contributed by atoms with E-state index in [1.54, 1.807) is 0 Å². The van der Waals surface area contributed by atoms with Crippen LogP contribution in [0.4, 0.5) is 0 Å². The molecule has 0 aromatic heterocycles. The number of likely N-dealkylation sites (tertiary alicyclic amines) is 1. The zero-order valence-corrected chi connectivity index (χ0v) is 9.52. The Morgan fingerprint density at radius 1 is 1.33 bits per heavy atom. The molecule has 0 amide bonds. The monoisotopic (exact) mass is 205 g/mol. The average Bonchev–Trinajstić information content (AvgIpc) is 2.66. The summed E-state index contributed by atoms with van der Waals surface area (Å²) in [6.07, 6.45) is 2.83. The van der Waals surface area contributed by atoms with Gasteiger partial charge in [0.1, 0.15) is 11.9 Å². The summed E-state index contributed by atoms with van der Waals surface area (Å²) in [4.78, 5) is 2.40. The lowest BCUT2D eigenvalue weighted by molar-refractivity contribution is 0.121. The van der Waals surface area contributed by atoms with E-state index in [9.17, 15) is 0 Å². The second kappa shape index (κ2) is 4.67. The van der Waals surface area contributed by atoms with Gasteiger partial charge in [0.15, 0.2) is 0 Å². The second-order valence-electron chi connectivity index (χ2n) is 4.33. The number of benzene rings is 1. The lowest BCUT2D eigenvalue weighted by Crippen LogP contribution is -2.37. The smallest absolute Gasteiger partial charge is 0.119 e. The van der Waals surface area contributed by atoms with Gasteiger partial charge in [-0.1, -0.05) is 18.2 Å². The number of hydrogen-bond donors (Lipinski definition) is 0. The molecule has 1 aliphatic heterocycles. The standard InChI is InChI=1S/C13H19NO/c1-11(13-9-6-10-14(13)2)15-12-7-4-3-5-8-12/h3-5,7-8,11,13H,6,9-10H2,1-2H3/t11-,13+/m1/s1. The molecule has 1 aromatic rings. The van der Waals surface area contributed by atoms with Crippen LogP contribution in [0, 0.1) is 0 Å². The van der Waals surface area contributed by atoms with Crippen molar-refractivity contribution >= 4 is 0 Å². The molecule has 82 valence electrons. The van der Waals surface area contributed by atoms with Crippen LogP contribution in [-0.2, 0) is 0 Å². The van der Waals surface area contributed by atoms with Gasteiger partial charge in [0.05, 0.1) is 0 Å².